The molecule has 0 spiro atoms. The van der Waals surface area contributed by atoms with E-state index < -0.39 is 0 Å². The van der Waals surface area contributed by atoms with Gasteiger partial charge in [0, 0.05) is 18.1 Å². The predicted molar refractivity (Wildman–Crippen MR) is 87.4 cm³/mol. The number of rotatable bonds is 3. The molecule has 0 amide bonds. The fraction of sp³-hybridized carbons (Fsp3) is 0.118. The third-order valence-electron chi connectivity index (χ3n) is 3.36. The molecule has 0 bridgehead atoms. The molecule has 3 aromatic rings. The summed E-state index contributed by atoms with van der Waals surface area (Å²) in [5, 5.41) is 3.07. The molecule has 2 aromatic heterocycles. The van der Waals surface area contributed by atoms with Crippen molar-refractivity contribution in [3.63, 3.8) is 0 Å². The zero-order chi connectivity index (χ0) is 15.5. The summed E-state index contributed by atoms with van der Waals surface area (Å²) < 4.78 is 1.51. The number of nitrogens with one attached hydrogen (secondary N) is 1. The molecule has 0 fully saturated rings. The topological polar surface area (TPSA) is 63.0 Å². The molecule has 5 heteroatoms. The van der Waals surface area contributed by atoms with Gasteiger partial charge in [0.25, 0.3) is 5.56 Å². The lowest BCUT2D eigenvalue weighted by molar-refractivity contribution is 0.835. The van der Waals surface area contributed by atoms with Crippen LogP contribution < -0.4 is 5.56 Å². The Kier molecular flexibility index (Phi) is 3.70. The van der Waals surface area contributed by atoms with E-state index in [9.17, 15) is 4.79 Å². The third-order valence-corrected chi connectivity index (χ3v) is 3.36. The van der Waals surface area contributed by atoms with E-state index in [1.165, 1.54) is 4.68 Å². The van der Waals surface area contributed by atoms with Crippen LogP contribution in [0, 0.1) is 13.8 Å². The number of nitrogens with zero attached hydrogens (tertiary/aromatic N) is 3. The van der Waals surface area contributed by atoms with Crippen LogP contribution in [0.15, 0.2) is 58.4 Å². The highest BCUT2D eigenvalue weighted by Gasteiger charge is 2.10. The maximum absolute atomic E-state index is 12.5. The minimum Gasteiger partial charge on any atom is -0.295 e. The Morgan fingerprint density at radius 3 is 2.68 bits per heavy atom. The molecule has 0 aliphatic rings. The van der Waals surface area contributed by atoms with Crippen LogP contribution >= 0.6 is 0 Å². The summed E-state index contributed by atoms with van der Waals surface area (Å²) in [5.74, 6) is 0.589. The molecule has 3 rings (SSSR count). The molecule has 0 aliphatic carbocycles. The smallest absolute Gasteiger partial charge is 0.280 e. The number of aromatic amines is 1. The van der Waals surface area contributed by atoms with Crippen LogP contribution in [0.2, 0.25) is 0 Å². The number of aliphatic imine (C=N–C) groups is 1. The molecule has 1 aromatic carbocycles. The van der Waals surface area contributed by atoms with Crippen molar-refractivity contribution in [3.8, 4) is 5.69 Å². The van der Waals surface area contributed by atoms with Gasteiger partial charge in [-0.2, -0.15) is 0 Å². The van der Waals surface area contributed by atoms with Gasteiger partial charge in [-0.15, -0.1) is 0 Å². The van der Waals surface area contributed by atoms with Gasteiger partial charge in [0.15, 0.2) is 5.82 Å². The van der Waals surface area contributed by atoms with E-state index in [-0.39, 0.29) is 5.56 Å². The number of hydrogen-bond donors (Lipinski definition) is 1. The Bertz CT molecular complexity index is 875. The quantitative estimate of drug-likeness (QED) is 0.754. The summed E-state index contributed by atoms with van der Waals surface area (Å²) in [7, 11) is 0. The first kappa shape index (κ1) is 14.0. The Labute approximate surface area is 128 Å². The summed E-state index contributed by atoms with van der Waals surface area (Å²) in [6, 6.07) is 13.2. The number of aromatic nitrogens is 3. The summed E-state index contributed by atoms with van der Waals surface area (Å²) in [5.41, 5.74) is 3.05. The lowest BCUT2D eigenvalue weighted by Gasteiger charge is -1.99. The van der Waals surface area contributed by atoms with Crippen molar-refractivity contribution in [2.75, 3.05) is 0 Å². The van der Waals surface area contributed by atoms with Crippen molar-refractivity contribution in [1.82, 2.24) is 14.8 Å². The van der Waals surface area contributed by atoms with Gasteiger partial charge in [-0.1, -0.05) is 18.2 Å². The fourth-order valence-electron chi connectivity index (χ4n) is 2.19. The summed E-state index contributed by atoms with van der Waals surface area (Å²) in [6.45, 7) is 3.83. The summed E-state index contributed by atoms with van der Waals surface area (Å²) in [4.78, 5) is 21.0. The van der Waals surface area contributed by atoms with E-state index in [0.717, 1.165) is 16.9 Å². The average Bonchev–Trinajstić information content (AvgIpc) is 2.81. The molecular weight excluding hydrogens is 276 g/mol. The molecule has 0 saturated heterocycles. The largest absolute Gasteiger partial charge is 0.295 e. The monoisotopic (exact) mass is 292 g/mol. The van der Waals surface area contributed by atoms with E-state index in [2.05, 4.69) is 15.1 Å². The van der Waals surface area contributed by atoms with Crippen LogP contribution in [0.1, 0.15) is 16.8 Å². The lowest BCUT2D eigenvalue weighted by atomic mass is 10.3. The first-order valence-corrected chi connectivity index (χ1v) is 6.99. The van der Waals surface area contributed by atoms with E-state index in [1.54, 1.807) is 12.4 Å². The maximum atomic E-state index is 12.5. The van der Waals surface area contributed by atoms with Gasteiger partial charge in [0.1, 0.15) is 0 Å². The molecular formula is C17H16N4O. The van der Waals surface area contributed by atoms with Crippen LogP contribution in [0.3, 0.4) is 0 Å². The third kappa shape index (κ3) is 2.74. The fourth-order valence-corrected chi connectivity index (χ4v) is 2.19. The van der Waals surface area contributed by atoms with Gasteiger partial charge >= 0.3 is 0 Å². The normalized spacial score (nSPS) is 11.2. The van der Waals surface area contributed by atoms with Crippen molar-refractivity contribution in [3.05, 3.63) is 75.8 Å². The summed E-state index contributed by atoms with van der Waals surface area (Å²) >= 11 is 0. The summed E-state index contributed by atoms with van der Waals surface area (Å²) in [6.07, 6.45) is 3.27. The first-order chi connectivity index (χ1) is 10.6. The molecule has 22 heavy (non-hydrogen) atoms. The Balaban J connectivity index is 1.99. The van der Waals surface area contributed by atoms with Gasteiger partial charge in [0.2, 0.25) is 0 Å². The molecule has 0 radical (unpaired) electrons. The molecule has 1 N–H and O–H groups in total. The first-order valence-electron chi connectivity index (χ1n) is 6.99. The molecule has 5 nitrogen and oxygen atoms in total. The second-order valence-corrected chi connectivity index (χ2v) is 5.08. The average molecular weight is 292 g/mol. The molecule has 110 valence electrons. The highest BCUT2D eigenvalue weighted by atomic mass is 16.1. The highest BCUT2D eigenvalue weighted by Crippen LogP contribution is 2.10. The van der Waals surface area contributed by atoms with Crippen LogP contribution in [-0.2, 0) is 0 Å². The van der Waals surface area contributed by atoms with E-state index in [0.29, 0.717) is 11.4 Å². The van der Waals surface area contributed by atoms with Gasteiger partial charge in [0.05, 0.1) is 11.3 Å². The van der Waals surface area contributed by atoms with Crippen molar-refractivity contribution < 1.29 is 0 Å². The van der Waals surface area contributed by atoms with Crippen molar-refractivity contribution >= 4 is 12.0 Å². The Morgan fingerprint density at radius 2 is 1.95 bits per heavy atom. The van der Waals surface area contributed by atoms with E-state index in [4.69, 9.17) is 0 Å². The van der Waals surface area contributed by atoms with Crippen molar-refractivity contribution in [2.24, 2.45) is 4.99 Å². The molecule has 0 saturated carbocycles. The Hall–Kier alpha value is -2.95. The second-order valence-electron chi connectivity index (χ2n) is 5.08. The molecule has 0 unspecified atom stereocenters. The Morgan fingerprint density at radius 1 is 1.18 bits per heavy atom. The number of pyridine rings is 1. The van der Waals surface area contributed by atoms with E-state index in [1.807, 2.05) is 56.3 Å². The zero-order valence-corrected chi connectivity index (χ0v) is 12.4. The highest BCUT2D eigenvalue weighted by molar-refractivity contribution is 5.82. The minimum absolute atomic E-state index is 0.125. The van der Waals surface area contributed by atoms with E-state index >= 15 is 0 Å². The van der Waals surface area contributed by atoms with Crippen molar-refractivity contribution in [1.29, 1.82) is 0 Å². The van der Waals surface area contributed by atoms with Crippen LogP contribution in [0.5, 0.6) is 0 Å². The molecule has 0 aliphatic heterocycles. The van der Waals surface area contributed by atoms with Gasteiger partial charge in [-0.3, -0.25) is 9.89 Å². The van der Waals surface area contributed by atoms with Crippen LogP contribution in [-0.4, -0.2) is 21.0 Å². The number of para-hydroxylation sites is 1. The predicted octanol–water partition coefficient (Wildman–Crippen LogP) is 2.93. The molecule has 2 heterocycles. The number of hydrogen-bond acceptors (Lipinski definition) is 3. The van der Waals surface area contributed by atoms with Crippen LogP contribution in [0.25, 0.3) is 5.69 Å². The van der Waals surface area contributed by atoms with Gasteiger partial charge in [-0.05, 0) is 43.7 Å². The number of aryl methyl sites for hydroxylation is 2. The number of H-pyrrole nitrogens is 1. The second kappa shape index (κ2) is 5.81. The minimum atomic E-state index is -0.125. The number of benzene rings is 1. The lowest BCUT2D eigenvalue weighted by Crippen LogP contribution is -2.17. The standard InChI is InChI=1S/C17H16N4O/c1-12-8-9-18-16(10-12)19-11-15-13(2)20-21(17(15)22)14-6-4-3-5-7-14/h3-11,20H,1-2H3. The van der Waals surface area contributed by atoms with Crippen LogP contribution in [0.4, 0.5) is 5.82 Å². The SMILES string of the molecule is Cc1ccnc(N=Cc2c(C)[nH]n(-c3ccccc3)c2=O)c1. The zero-order valence-electron chi connectivity index (χ0n) is 12.4. The molecule has 0 atom stereocenters. The van der Waals surface area contributed by atoms with Gasteiger partial charge < -0.3 is 0 Å². The van der Waals surface area contributed by atoms with Crippen molar-refractivity contribution in [2.45, 2.75) is 13.8 Å². The maximum Gasteiger partial charge on any atom is 0.280 e. The van der Waals surface area contributed by atoms with Gasteiger partial charge in [-0.25, -0.2) is 14.7 Å².